The predicted molar refractivity (Wildman–Crippen MR) is 124 cm³/mol. The second-order valence-electron chi connectivity index (χ2n) is 8.18. The van der Waals surface area contributed by atoms with Crippen molar-refractivity contribution in [1.82, 2.24) is 19.2 Å². The number of para-hydroxylation sites is 1. The van der Waals surface area contributed by atoms with Gasteiger partial charge < -0.3 is 10.1 Å². The number of hydrogen-bond donors (Lipinski definition) is 1. The fourth-order valence-corrected chi connectivity index (χ4v) is 3.74. The molecular weight excluding hydrogens is 444 g/mol. The first-order chi connectivity index (χ1) is 16.3. The van der Waals surface area contributed by atoms with E-state index >= 15 is 0 Å². The minimum atomic E-state index is -1.04. The van der Waals surface area contributed by atoms with Crippen molar-refractivity contribution in [1.29, 1.82) is 0 Å². The van der Waals surface area contributed by atoms with Gasteiger partial charge in [0.25, 0.3) is 5.56 Å². The van der Waals surface area contributed by atoms with E-state index in [9.17, 15) is 18.4 Å². The number of carbonyl (C=O) groups excluding carboxylic acids is 1. The number of halogens is 2. The summed E-state index contributed by atoms with van der Waals surface area (Å²) in [5.74, 6) is -1.50. The smallest absolute Gasteiger partial charge is 0.262 e. The lowest BCUT2D eigenvalue weighted by atomic mass is 10.2. The zero-order valence-corrected chi connectivity index (χ0v) is 18.9. The van der Waals surface area contributed by atoms with E-state index < -0.39 is 11.6 Å². The third-order valence-corrected chi connectivity index (χ3v) is 5.33. The molecule has 8 nitrogen and oxygen atoms in total. The van der Waals surface area contributed by atoms with E-state index in [0.717, 1.165) is 12.1 Å². The molecule has 4 rings (SSSR count). The van der Waals surface area contributed by atoms with E-state index in [1.807, 2.05) is 26.0 Å². The molecule has 4 aromatic rings. The summed E-state index contributed by atoms with van der Waals surface area (Å²) in [5, 5.41) is 11.5. The summed E-state index contributed by atoms with van der Waals surface area (Å²) < 4.78 is 35.4. The van der Waals surface area contributed by atoms with Gasteiger partial charge >= 0.3 is 0 Å². The normalized spacial score (nSPS) is 11.6. The van der Waals surface area contributed by atoms with Gasteiger partial charge in [-0.05, 0) is 44.5 Å². The lowest BCUT2D eigenvalue weighted by Gasteiger charge is -2.12. The van der Waals surface area contributed by atoms with Crippen LogP contribution >= 0.6 is 0 Å². The Morgan fingerprint density at radius 2 is 1.91 bits per heavy atom. The number of nitrogens with one attached hydrogen (secondary N) is 1. The summed E-state index contributed by atoms with van der Waals surface area (Å²) in [6.07, 6.45) is 1.00. The van der Waals surface area contributed by atoms with Gasteiger partial charge in [-0.15, -0.1) is 10.2 Å². The number of aromatic nitrogens is 4. The monoisotopic (exact) mass is 469 g/mol. The van der Waals surface area contributed by atoms with Crippen LogP contribution in [0.4, 0.5) is 14.5 Å². The number of aryl methyl sites for hydroxylation is 2. The highest BCUT2D eigenvalue weighted by Gasteiger charge is 2.17. The number of ether oxygens (including phenoxy) is 1. The summed E-state index contributed by atoms with van der Waals surface area (Å²) in [5.41, 5.74) is 0.652. The number of amides is 1. The van der Waals surface area contributed by atoms with Gasteiger partial charge in [0.2, 0.25) is 11.7 Å². The molecule has 178 valence electrons. The number of hydrogen-bond acceptors (Lipinski definition) is 5. The first-order valence-corrected chi connectivity index (χ1v) is 11.1. The highest BCUT2D eigenvalue weighted by molar-refractivity contribution is 5.90. The molecule has 0 atom stereocenters. The van der Waals surface area contributed by atoms with Gasteiger partial charge in [-0.1, -0.05) is 12.1 Å². The molecule has 0 saturated heterocycles. The molecule has 2 heterocycles. The van der Waals surface area contributed by atoms with Crippen LogP contribution in [0.15, 0.2) is 47.3 Å². The van der Waals surface area contributed by atoms with E-state index in [4.69, 9.17) is 4.74 Å². The van der Waals surface area contributed by atoms with Crippen LogP contribution in [0.25, 0.3) is 16.7 Å². The number of benzene rings is 2. The molecule has 0 aliphatic heterocycles. The fraction of sp³-hybridized carbons (Fsp3) is 0.333. The van der Waals surface area contributed by atoms with Crippen LogP contribution in [0, 0.1) is 11.6 Å². The summed E-state index contributed by atoms with van der Waals surface area (Å²) in [6.45, 7) is 4.82. The van der Waals surface area contributed by atoms with E-state index in [2.05, 4.69) is 15.5 Å². The Bertz CT molecular complexity index is 1400. The Balaban J connectivity index is 1.59. The second-order valence-corrected chi connectivity index (χ2v) is 8.18. The van der Waals surface area contributed by atoms with E-state index in [1.54, 1.807) is 21.1 Å². The van der Waals surface area contributed by atoms with Crippen LogP contribution in [0.5, 0.6) is 0 Å². The van der Waals surface area contributed by atoms with Crippen molar-refractivity contribution < 1.29 is 18.3 Å². The van der Waals surface area contributed by atoms with Crippen LogP contribution < -0.4 is 10.9 Å². The third kappa shape index (κ3) is 4.96. The summed E-state index contributed by atoms with van der Waals surface area (Å²) in [4.78, 5) is 25.5. The van der Waals surface area contributed by atoms with Gasteiger partial charge in [-0.25, -0.2) is 8.78 Å². The molecule has 0 radical (unpaired) electrons. The third-order valence-electron chi connectivity index (χ3n) is 5.33. The highest BCUT2D eigenvalue weighted by Crippen LogP contribution is 2.17. The van der Waals surface area contributed by atoms with Crippen LogP contribution in [0.2, 0.25) is 0 Å². The summed E-state index contributed by atoms with van der Waals surface area (Å²) in [6, 6.07) is 10.3. The van der Waals surface area contributed by atoms with Crippen molar-refractivity contribution in [2.75, 3.05) is 11.9 Å². The molecule has 10 heteroatoms. The second kappa shape index (κ2) is 10.1. The average molecular weight is 469 g/mol. The number of rotatable bonds is 9. The predicted octanol–water partition coefficient (Wildman–Crippen LogP) is 3.71. The van der Waals surface area contributed by atoms with Crippen molar-refractivity contribution in [3.05, 3.63) is 70.3 Å². The maximum Gasteiger partial charge on any atom is 0.262 e. The molecule has 1 N–H and O–H groups in total. The van der Waals surface area contributed by atoms with Gasteiger partial charge in [-0.2, -0.15) is 0 Å². The first-order valence-electron chi connectivity index (χ1n) is 11.1. The average Bonchev–Trinajstić information content (AvgIpc) is 3.23. The molecule has 1 amide bonds. The molecule has 2 aromatic heterocycles. The zero-order chi connectivity index (χ0) is 24.2. The molecule has 0 saturated carbocycles. The lowest BCUT2D eigenvalue weighted by molar-refractivity contribution is -0.116. The number of anilines is 1. The molecule has 34 heavy (non-hydrogen) atoms. The molecule has 0 bridgehead atoms. The van der Waals surface area contributed by atoms with Crippen molar-refractivity contribution in [2.24, 2.45) is 0 Å². The van der Waals surface area contributed by atoms with Gasteiger partial charge in [-0.3, -0.25) is 18.6 Å². The Morgan fingerprint density at radius 3 is 2.68 bits per heavy atom. The maximum absolute atomic E-state index is 13.4. The van der Waals surface area contributed by atoms with Crippen molar-refractivity contribution in [3.8, 4) is 0 Å². The van der Waals surface area contributed by atoms with Gasteiger partial charge in [0, 0.05) is 37.7 Å². The number of nitrogens with zero attached hydrogens (tertiary/aromatic N) is 4. The topological polar surface area (TPSA) is 90.5 Å². The minimum absolute atomic E-state index is 0.0372. The van der Waals surface area contributed by atoms with E-state index in [-0.39, 0.29) is 36.1 Å². The van der Waals surface area contributed by atoms with Crippen LogP contribution in [-0.4, -0.2) is 37.8 Å². The Labute approximate surface area is 194 Å². The molecule has 0 aliphatic carbocycles. The van der Waals surface area contributed by atoms with Gasteiger partial charge in [0.05, 0.1) is 17.0 Å². The number of fused-ring (bicyclic) bond motifs is 3. The Morgan fingerprint density at radius 1 is 1.12 bits per heavy atom. The maximum atomic E-state index is 13.4. The minimum Gasteiger partial charge on any atom is -0.379 e. The fourth-order valence-electron chi connectivity index (χ4n) is 3.74. The molecule has 0 fully saturated rings. The molecule has 0 aliphatic rings. The Hall–Kier alpha value is -3.66. The van der Waals surface area contributed by atoms with Gasteiger partial charge in [0.1, 0.15) is 5.82 Å². The molecular formula is C24H25F2N5O3. The standard InChI is InChI=1S/C24H25F2N5O3/c1-15(2)34-13-5-12-30-23(33)17-6-3-4-7-20(17)31-21(28-29-24(30)31)10-11-22(32)27-16-8-9-18(25)19(26)14-16/h3-4,6-9,14-15H,5,10-13H2,1-2H3,(H,27,32). The van der Waals surface area contributed by atoms with Gasteiger partial charge in [0.15, 0.2) is 11.6 Å². The van der Waals surface area contributed by atoms with Crippen molar-refractivity contribution in [3.63, 3.8) is 0 Å². The molecule has 2 aromatic carbocycles. The van der Waals surface area contributed by atoms with Crippen LogP contribution in [0.1, 0.15) is 32.5 Å². The van der Waals surface area contributed by atoms with Crippen LogP contribution in [-0.2, 0) is 22.5 Å². The quantitative estimate of drug-likeness (QED) is 0.378. The molecule has 0 unspecified atom stereocenters. The van der Waals surface area contributed by atoms with Crippen molar-refractivity contribution >= 4 is 28.3 Å². The highest BCUT2D eigenvalue weighted by atomic mass is 19.2. The zero-order valence-electron chi connectivity index (χ0n) is 18.9. The summed E-state index contributed by atoms with van der Waals surface area (Å²) in [7, 11) is 0. The number of carbonyl (C=O) groups is 1. The van der Waals surface area contributed by atoms with E-state index in [0.29, 0.717) is 42.1 Å². The summed E-state index contributed by atoms with van der Waals surface area (Å²) >= 11 is 0. The lowest BCUT2D eigenvalue weighted by Crippen LogP contribution is -2.24. The van der Waals surface area contributed by atoms with Crippen LogP contribution in [0.3, 0.4) is 0 Å². The van der Waals surface area contributed by atoms with Crippen molar-refractivity contribution in [2.45, 2.75) is 45.8 Å². The first kappa shape index (κ1) is 23.5. The van der Waals surface area contributed by atoms with E-state index in [1.165, 1.54) is 6.07 Å². The Kier molecular flexibility index (Phi) is 6.97. The molecule has 0 spiro atoms. The largest absolute Gasteiger partial charge is 0.379 e. The SMILES string of the molecule is CC(C)OCCCn1c(=O)c2ccccc2n2c(CCC(=O)Nc3ccc(F)c(F)c3)nnc12.